The van der Waals surface area contributed by atoms with Crippen molar-refractivity contribution < 1.29 is 27.5 Å². The monoisotopic (exact) mass is 660 g/mol. The molecule has 2 aliphatic heterocycles. The molecule has 4 atom stereocenters. The standard InChI is InChI=1S/C34H35F3N8O3/c1-17-28(41-26-12-20(13-27(48-2)44(17)26)31(46)45-21-6-8-24(45)22(39)14-21)25-11-19-5-7-23(40-30(19)43(25)15-18-3-4-18)29(34(35,36)37)42-32(47)33(16-38)9-10-33/h5,7,11-13,18,21-22,24,29H,3-4,6,8-10,14-15,39H2,1-2H3,(H,42,47)/t21-,22+,24+,29-/m0/s1. The Morgan fingerprint density at radius 2 is 1.94 bits per heavy atom. The minimum absolute atomic E-state index is 0.0173. The van der Waals surface area contributed by atoms with Crippen LogP contribution in [-0.2, 0) is 11.3 Å². The van der Waals surface area contributed by atoms with E-state index in [1.165, 1.54) is 13.2 Å². The van der Waals surface area contributed by atoms with Gasteiger partial charge >= 0.3 is 6.18 Å². The van der Waals surface area contributed by atoms with Crippen LogP contribution < -0.4 is 15.8 Å². The van der Waals surface area contributed by atoms with Gasteiger partial charge in [0.05, 0.1) is 30.3 Å². The predicted octanol–water partition coefficient (Wildman–Crippen LogP) is 4.81. The van der Waals surface area contributed by atoms with Gasteiger partial charge in [0.2, 0.25) is 5.91 Å². The molecule has 8 rings (SSSR count). The number of rotatable bonds is 8. The fourth-order valence-corrected chi connectivity index (χ4v) is 7.64. The maximum Gasteiger partial charge on any atom is 0.414 e. The van der Waals surface area contributed by atoms with Crippen LogP contribution in [0.15, 0.2) is 30.3 Å². The summed E-state index contributed by atoms with van der Waals surface area (Å²) in [4.78, 5) is 37.9. The molecule has 2 aliphatic carbocycles. The zero-order valence-corrected chi connectivity index (χ0v) is 26.5. The zero-order valence-electron chi connectivity index (χ0n) is 26.5. The van der Waals surface area contributed by atoms with E-state index in [4.69, 9.17) is 15.5 Å². The molecule has 250 valence electrons. The lowest BCUT2D eigenvalue weighted by Crippen LogP contribution is -2.42. The number of amides is 2. The maximum atomic E-state index is 14.4. The Labute approximate surface area is 273 Å². The number of alkyl halides is 3. The largest absolute Gasteiger partial charge is 0.482 e. The van der Waals surface area contributed by atoms with E-state index in [-0.39, 0.29) is 42.6 Å². The number of ether oxygens (including phenoxy) is 1. The third-order valence-electron chi connectivity index (χ3n) is 10.6. The lowest BCUT2D eigenvalue weighted by Gasteiger charge is -2.23. The molecule has 6 heterocycles. The van der Waals surface area contributed by atoms with Crippen LogP contribution in [0.4, 0.5) is 13.2 Å². The first-order chi connectivity index (χ1) is 22.9. The lowest BCUT2D eigenvalue weighted by atomic mass is 9.97. The molecule has 4 aromatic rings. The molecule has 4 aliphatic rings. The minimum atomic E-state index is -4.83. The van der Waals surface area contributed by atoms with Crippen molar-refractivity contribution >= 4 is 28.5 Å². The number of aryl methyl sites for hydroxylation is 1. The van der Waals surface area contributed by atoms with Gasteiger partial charge in [-0.1, -0.05) is 0 Å². The highest BCUT2D eigenvalue weighted by Gasteiger charge is 2.54. The van der Waals surface area contributed by atoms with Crippen molar-refractivity contribution in [3.8, 4) is 23.3 Å². The SMILES string of the molecule is COc1cc(C(=O)N2[C@H]3CC[C@@H]2[C@H](N)C3)cc2nc(-c3cc4ccc([C@H](NC(=O)C5(C#N)CC5)C(F)(F)F)nc4n3CC3CC3)c(C)n12. The summed E-state index contributed by atoms with van der Waals surface area (Å²) in [6.07, 6.45) is 0.223. The molecular weight excluding hydrogens is 625 g/mol. The number of carbonyl (C=O) groups is 2. The van der Waals surface area contributed by atoms with Gasteiger partial charge in [-0.3, -0.25) is 14.0 Å². The summed E-state index contributed by atoms with van der Waals surface area (Å²) in [6.45, 7) is 2.41. The number of nitrogens with zero attached hydrogens (tertiary/aromatic N) is 6. The van der Waals surface area contributed by atoms with E-state index in [0.717, 1.165) is 37.8 Å². The molecular formula is C34H35F3N8O3. The summed E-state index contributed by atoms with van der Waals surface area (Å²) in [7, 11) is 1.53. The van der Waals surface area contributed by atoms with Gasteiger partial charge in [0, 0.05) is 41.7 Å². The van der Waals surface area contributed by atoms with Crippen molar-refractivity contribution in [3.05, 3.63) is 47.3 Å². The predicted molar refractivity (Wildman–Crippen MR) is 168 cm³/mol. The molecule has 0 unspecified atom stereocenters. The molecule has 2 bridgehead atoms. The van der Waals surface area contributed by atoms with Crippen molar-refractivity contribution in [2.75, 3.05) is 7.11 Å². The van der Waals surface area contributed by atoms with Crippen LogP contribution in [-0.4, -0.2) is 67.1 Å². The molecule has 0 spiro atoms. The number of fused-ring (bicyclic) bond motifs is 4. The molecule has 14 heteroatoms. The second-order valence-corrected chi connectivity index (χ2v) is 13.8. The van der Waals surface area contributed by atoms with E-state index in [2.05, 4.69) is 10.3 Å². The summed E-state index contributed by atoms with van der Waals surface area (Å²) in [5.74, 6) is -0.267. The van der Waals surface area contributed by atoms with Crippen molar-refractivity contribution in [2.24, 2.45) is 17.1 Å². The van der Waals surface area contributed by atoms with E-state index < -0.39 is 23.5 Å². The number of hydrogen-bond donors (Lipinski definition) is 2. The Hall–Kier alpha value is -4.64. The smallest absolute Gasteiger partial charge is 0.414 e. The molecule has 0 radical (unpaired) electrons. The van der Waals surface area contributed by atoms with Crippen LogP contribution >= 0.6 is 0 Å². The Morgan fingerprint density at radius 1 is 1.17 bits per heavy atom. The average molecular weight is 661 g/mol. The van der Waals surface area contributed by atoms with Gasteiger partial charge < -0.3 is 25.3 Å². The molecule has 3 N–H and O–H groups in total. The fourth-order valence-electron chi connectivity index (χ4n) is 7.64. The van der Waals surface area contributed by atoms with Crippen molar-refractivity contribution in [1.82, 2.24) is 29.2 Å². The molecule has 2 amide bonds. The second kappa shape index (κ2) is 10.7. The van der Waals surface area contributed by atoms with E-state index in [1.807, 2.05) is 32.9 Å². The molecule has 0 aromatic carbocycles. The van der Waals surface area contributed by atoms with Crippen LogP contribution in [0.2, 0.25) is 0 Å². The molecule has 2 saturated heterocycles. The number of pyridine rings is 2. The summed E-state index contributed by atoms with van der Waals surface area (Å²) in [5, 5.41) is 12.1. The molecule has 48 heavy (non-hydrogen) atoms. The first-order valence-electron chi connectivity index (χ1n) is 16.4. The Bertz CT molecular complexity index is 2040. The molecule has 11 nitrogen and oxygen atoms in total. The first-order valence-corrected chi connectivity index (χ1v) is 16.4. The Balaban J connectivity index is 1.21. The fraction of sp³-hybridized carbons (Fsp3) is 0.500. The van der Waals surface area contributed by atoms with Gasteiger partial charge in [0.15, 0.2) is 11.9 Å². The lowest BCUT2D eigenvalue weighted by molar-refractivity contribution is -0.165. The highest BCUT2D eigenvalue weighted by molar-refractivity contribution is 5.97. The number of nitrogens with one attached hydrogen (secondary N) is 1. The van der Waals surface area contributed by atoms with Crippen LogP contribution in [0.3, 0.4) is 0 Å². The number of nitriles is 1. The van der Waals surface area contributed by atoms with Crippen LogP contribution in [0.25, 0.3) is 28.1 Å². The van der Waals surface area contributed by atoms with Gasteiger partial charge in [-0.25, -0.2) is 9.97 Å². The highest BCUT2D eigenvalue weighted by atomic mass is 19.4. The molecule has 2 saturated carbocycles. The summed E-state index contributed by atoms with van der Waals surface area (Å²) < 4.78 is 52.6. The summed E-state index contributed by atoms with van der Waals surface area (Å²) in [5.41, 5.74) is 7.84. The van der Waals surface area contributed by atoms with Crippen LogP contribution in [0.5, 0.6) is 5.88 Å². The number of halogens is 3. The van der Waals surface area contributed by atoms with Crippen LogP contribution in [0, 0.1) is 29.6 Å². The topological polar surface area (TPSA) is 144 Å². The summed E-state index contributed by atoms with van der Waals surface area (Å²) in [6, 6.07) is 7.77. The van der Waals surface area contributed by atoms with Gasteiger partial charge in [0.1, 0.15) is 22.4 Å². The Morgan fingerprint density at radius 3 is 2.54 bits per heavy atom. The van der Waals surface area contributed by atoms with Crippen molar-refractivity contribution in [3.63, 3.8) is 0 Å². The maximum absolute atomic E-state index is 14.4. The third kappa shape index (κ3) is 4.81. The normalized spacial score (nSPS) is 23.4. The van der Waals surface area contributed by atoms with E-state index in [9.17, 15) is 28.0 Å². The first kappa shape index (κ1) is 30.7. The number of imidazole rings is 1. The van der Waals surface area contributed by atoms with Gasteiger partial charge in [-0.2, -0.15) is 18.4 Å². The quantitative estimate of drug-likeness (QED) is 0.276. The number of methoxy groups -OCH3 is 1. The number of hydrogen-bond acceptors (Lipinski definition) is 7. The molecule has 4 fully saturated rings. The average Bonchev–Trinajstić information content (AvgIpc) is 3.92. The number of carbonyl (C=O) groups excluding carboxylic acids is 2. The second-order valence-electron chi connectivity index (χ2n) is 13.8. The van der Waals surface area contributed by atoms with Gasteiger partial charge in [0.25, 0.3) is 5.91 Å². The molecule has 4 aromatic heterocycles. The number of aromatic nitrogens is 4. The number of nitrogens with two attached hydrogens (primary N) is 1. The van der Waals surface area contributed by atoms with E-state index in [0.29, 0.717) is 52.0 Å². The zero-order chi connectivity index (χ0) is 33.7. The summed E-state index contributed by atoms with van der Waals surface area (Å²) >= 11 is 0. The van der Waals surface area contributed by atoms with Gasteiger partial charge in [-0.15, -0.1) is 0 Å². The van der Waals surface area contributed by atoms with Crippen LogP contribution in [0.1, 0.15) is 72.7 Å². The highest BCUT2D eigenvalue weighted by Crippen LogP contribution is 2.46. The van der Waals surface area contributed by atoms with Crippen molar-refractivity contribution in [1.29, 1.82) is 5.26 Å². The van der Waals surface area contributed by atoms with E-state index >= 15 is 0 Å². The van der Waals surface area contributed by atoms with Crippen molar-refractivity contribution in [2.45, 2.75) is 88.8 Å². The minimum Gasteiger partial charge on any atom is -0.482 e. The third-order valence-corrected chi connectivity index (χ3v) is 10.6. The van der Waals surface area contributed by atoms with E-state index in [1.54, 1.807) is 18.2 Å². The Kier molecular flexibility index (Phi) is 6.83. The van der Waals surface area contributed by atoms with Gasteiger partial charge in [-0.05, 0) is 82.1 Å².